The molecule has 0 fully saturated rings. The highest BCUT2D eigenvalue weighted by atomic mass is 16.1. The molecule has 0 bridgehead atoms. The van der Waals surface area contributed by atoms with E-state index in [1.54, 1.807) is 6.92 Å². The van der Waals surface area contributed by atoms with E-state index in [4.69, 9.17) is 5.73 Å². The molecule has 0 radical (unpaired) electrons. The SMILES string of the molecule is CC(=O)C(C)N1CCC=CC1CN. The number of nitrogens with two attached hydrogens (primary N) is 1. The van der Waals surface area contributed by atoms with Crippen LogP contribution in [0.2, 0.25) is 0 Å². The normalized spacial score (nSPS) is 25.9. The first-order valence-electron chi connectivity index (χ1n) is 4.79. The number of hydrogen-bond donors (Lipinski definition) is 1. The highest BCUT2D eigenvalue weighted by Crippen LogP contribution is 2.13. The first-order valence-corrected chi connectivity index (χ1v) is 4.79. The summed E-state index contributed by atoms with van der Waals surface area (Å²) < 4.78 is 0. The molecular formula is C10H18N2O. The predicted molar refractivity (Wildman–Crippen MR) is 53.4 cm³/mol. The summed E-state index contributed by atoms with van der Waals surface area (Å²) in [5.41, 5.74) is 5.63. The van der Waals surface area contributed by atoms with E-state index in [1.807, 2.05) is 6.92 Å². The van der Waals surface area contributed by atoms with Crippen molar-refractivity contribution < 1.29 is 4.79 Å². The average molecular weight is 182 g/mol. The molecule has 1 aliphatic rings. The predicted octanol–water partition coefficient (Wildman–Crippen LogP) is 0.553. The zero-order valence-corrected chi connectivity index (χ0v) is 8.36. The molecule has 74 valence electrons. The fraction of sp³-hybridized carbons (Fsp3) is 0.700. The minimum Gasteiger partial charge on any atom is -0.329 e. The molecule has 1 aliphatic heterocycles. The van der Waals surface area contributed by atoms with E-state index in [9.17, 15) is 4.79 Å². The van der Waals surface area contributed by atoms with Crippen molar-refractivity contribution in [1.82, 2.24) is 4.90 Å². The largest absolute Gasteiger partial charge is 0.329 e. The van der Waals surface area contributed by atoms with Gasteiger partial charge in [0.05, 0.1) is 6.04 Å². The van der Waals surface area contributed by atoms with Gasteiger partial charge in [0, 0.05) is 19.1 Å². The molecule has 2 atom stereocenters. The Balaban J connectivity index is 2.66. The molecule has 0 amide bonds. The van der Waals surface area contributed by atoms with E-state index in [0.29, 0.717) is 6.54 Å². The molecule has 0 saturated carbocycles. The summed E-state index contributed by atoms with van der Waals surface area (Å²) >= 11 is 0. The van der Waals surface area contributed by atoms with Crippen LogP contribution in [-0.2, 0) is 4.79 Å². The van der Waals surface area contributed by atoms with Crippen molar-refractivity contribution in [3.05, 3.63) is 12.2 Å². The molecule has 3 nitrogen and oxygen atoms in total. The Kier molecular flexibility index (Phi) is 3.63. The van der Waals surface area contributed by atoms with Gasteiger partial charge in [-0.15, -0.1) is 0 Å². The summed E-state index contributed by atoms with van der Waals surface area (Å²) in [6.07, 6.45) is 5.26. The van der Waals surface area contributed by atoms with Crippen molar-refractivity contribution in [3.8, 4) is 0 Å². The number of rotatable bonds is 3. The summed E-state index contributed by atoms with van der Waals surface area (Å²) in [4.78, 5) is 13.4. The summed E-state index contributed by atoms with van der Waals surface area (Å²) in [5, 5.41) is 0. The third kappa shape index (κ3) is 2.39. The van der Waals surface area contributed by atoms with Gasteiger partial charge in [-0.05, 0) is 20.3 Å². The molecule has 1 heterocycles. The third-order valence-electron chi connectivity index (χ3n) is 2.67. The minimum atomic E-state index is -0.00139. The van der Waals surface area contributed by atoms with E-state index in [-0.39, 0.29) is 17.9 Å². The van der Waals surface area contributed by atoms with Crippen LogP contribution in [0.5, 0.6) is 0 Å². The molecule has 0 aliphatic carbocycles. The van der Waals surface area contributed by atoms with Gasteiger partial charge in [0.25, 0.3) is 0 Å². The molecule has 0 spiro atoms. The van der Waals surface area contributed by atoms with Gasteiger partial charge in [0.15, 0.2) is 0 Å². The van der Waals surface area contributed by atoms with Crippen LogP contribution in [0.25, 0.3) is 0 Å². The number of Topliss-reactive ketones (excluding diaryl/α,β-unsaturated/α-hetero) is 1. The average Bonchev–Trinajstić information content (AvgIpc) is 2.16. The lowest BCUT2D eigenvalue weighted by Gasteiger charge is -2.35. The van der Waals surface area contributed by atoms with Crippen LogP contribution in [0.15, 0.2) is 12.2 Å². The Morgan fingerprint density at radius 1 is 1.77 bits per heavy atom. The van der Waals surface area contributed by atoms with E-state index < -0.39 is 0 Å². The van der Waals surface area contributed by atoms with Crippen LogP contribution in [0.3, 0.4) is 0 Å². The molecule has 3 heteroatoms. The van der Waals surface area contributed by atoms with Gasteiger partial charge in [-0.1, -0.05) is 12.2 Å². The van der Waals surface area contributed by atoms with Gasteiger partial charge in [-0.2, -0.15) is 0 Å². The molecule has 0 aromatic rings. The van der Waals surface area contributed by atoms with Crippen LogP contribution < -0.4 is 5.73 Å². The number of carbonyl (C=O) groups excluding carboxylic acids is 1. The third-order valence-corrected chi connectivity index (χ3v) is 2.67. The summed E-state index contributed by atoms with van der Waals surface area (Å²) in [6, 6.07) is 0.242. The first-order chi connectivity index (χ1) is 6.16. The smallest absolute Gasteiger partial charge is 0.146 e. The van der Waals surface area contributed by atoms with Crippen molar-refractivity contribution in [2.24, 2.45) is 5.73 Å². The zero-order valence-electron chi connectivity index (χ0n) is 8.36. The van der Waals surface area contributed by atoms with Crippen molar-refractivity contribution in [2.75, 3.05) is 13.1 Å². The Labute approximate surface area is 79.6 Å². The Morgan fingerprint density at radius 3 is 3.00 bits per heavy atom. The van der Waals surface area contributed by atoms with Gasteiger partial charge >= 0.3 is 0 Å². The van der Waals surface area contributed by atoms with E-state index in [0.717, 1.165) is 13.0 Å². The number of ketones is 1. The first kappa shape index (κ1) is 10.4. The fourth-order valence-corrected chi connectivity index (χ4v) is 1.68. The Hall–Kier alpha value is -0.670. The standard InChI is InChI=1S/C10H18N2O/c1-8(9(2)13)12-6-4-3-5-10(12)7-11/h3,5,8,10H,4,6-7,11H2,1-2H3. The number of carbonyl (C=O) groups is 1. The fourth-order valence-electron chi connectivity index (χ4n) is 1.68. The van der Waals surface area contributed by atoms with E-state index in [2.05, 4.69) is 17.1 Å². The van der Waals surface area contributed by atoms with Gasteiger partial charge in [0.1, 0.15) is 5.78 Å². The Bertz CT molecular complexity index is 213. The highest BCUT2D eigenvalue weighted by Gasteiger charge is 2.24. The van der Waals surface area contributed by atoms with Gasteiger partial charge in [-0.25, -0.2) is 0 Å². The van der Waals surface area contributed by atoms with Crippen LogP contribution in [-0.4, -0.2) is 35.9 Å². The second kappa shape index (κ2) is 4.53. The molecule has 0 aromatic carbocycles. The molecule has 2 N–H and O–H groups in total. The maximum absolute atomic E-state index is 11.2. The van der Waals surface area contributed by atoms with Crippen LogP contribution in [0.4, 0.5) is 0 Å². The Morgan fingerprint density at radius 2 is 2.46 bits per heavy atom. The summed E-state index contributed by atoms with van der Waals surface area (Å²) in [6.45, 7) is 5.12. The highest BCUT2D eigenvalue weighted by molar-refractivity contribution is 5.81. The lowest BCUT2D eigenvalue weighted by molar-refractivity contribution is -0.122. The van der Waals surface area contributed by atoms with Gasteiger partial charge < -0.3 is 5.73 Å². The number of nitrogens with zero attached hydrogens (tertiary/aromatic N) is 1. The van der Waals surface area contributed by atoms with Crippen molar-refractivity contribution in [1.29, 1.82) is 0 Å². The number of hydrogen-bond acceptors (Lipinski definition) is 3. The maximum atomic E-state index is 11.2. The lowest BCUT2D eigenvalue weighted by Crippen LogP contribution is -2.49. The lowest BCUT2D eigenvalue weighted by atomic mass is 10.1. The summed E-state index contributed by atoms with van der Waals surface area (Å²) in [7, 11) is 0. The second-order valence-corrected chi connectivity index (χ2v) is 3.54. The topological polar surface area (TPSA) is 46.3 Å². The zero-order chi connectivity index (χ0) is 9.84. The van der Waals surface area contributed by atoms with Crippen molar-refractivity contribution >= 4 is 5.78 Å². The van der Waals surface area contributed by atoms with Gasteiger partial charge in [0.2, 0.25) is 0 Å². The monoisotopic (exact) mass is 182 g/mol. The molecule has 1 rings (SSSR count). The molecular weight excluding hydrogens is 164 g/mol. The van der Waals surface area contributed by atoms with Gasteiger partial charge in [-0.3, -0.25) is 9.69 Å². The van der Waals surface area contributed by atoms with E-state index in [1.165, 1.54) is 0 Å². The second-order valence-electron chi connectivity index (χ2n) is 3.54. The van der Waals surface area contributed by atoms with Crippen molar-refractivity contribution in [2.45, 2.75) is 32.4 Å². The summed E-state index contributed by atoms with van der Waals surface area (Å²) in [5.74, 6) is 0.216. The molecule has 0 aromatic heterocycles. The van der Waals surface area contributed by atoms with Crippen LogP contribution >= 0.6 is 0 Å². The molecule has 0 saturated heterocycles. The van der Waals surface area contributed by atoms with Crippen LogP contribution in [0.1, 0.15) is 20.3 Å². The van der Waals surface area contributed by atoms with E-state index >= 15 is 0 Å². The quantitative estimate of drug-likeness (QED) is 0.648. The molecule has 2 unspecified atom stereocenters. The minimum absolute atomic E-state index is 0.00139. The molecule has 13 heavy (non-hydrogen) atoms. The maximum Gasteiger partial charge on any atom is 0.146 e. The van der Waals surface area contributed by atoms with Crippen LogP contribution in [0, 0.1) is 0 Å². The van der Waals surface area contributed by atoms with Crippen molar-refractivity contribution in [3.63, 3.8) is 0 Å².